The van der Waals surface area contributed by atoms with Gasteiger partial charge in [-0.3, -0.25) is 4.79 Å². The topological polar surface area (TPSA) is 40.5 Å². The van der Waals surface area contributed by atoms with Crippen molar-refractivity contribution in [3.63, 3.8) is 0 Å². The van der Waals surface area contributed by atoms with Gasteiger partial charge in [0.1, 0.15) is 0 Å². The maximum Gasteiger partial charge on any atom is 0.222 e. The third kappa shape index (κ3) is 16.6. The molecule has 0 fully saturated rings. The highest BCUT2D eigenvalue weighted by Crippen LogP contribution is 2.10. The summed E-state index contributed by atoms with van der Waals surface area (Å²) in [5.41, 5.74) is 0. The molecule has 0 rings (SSSR count). The van der Waals surface area contributed by atoms with Crippen LogP contribution in [0, 0.1) is 11.8 Å². The normalized spacial score (nSPS) is 12.0. The van der Waals surface area contributed by atoms with Gasteiger partial charge in [0, 0.05) is 25.9 Å². The van der Waals surface area contributed by atoms with E-state index in [9.17, 15) is 9.90 Å². The Kier molecular flexibility index (Phi) is 18.6. The van der Waals surface area contributed by atoms with Crippen molar-refractivity contribution < 1.29 is 9.90 Å². The van der Waals surface area contributed by atoms with Crippen molar-refractivity contribution in [1.29, 1.82) is 0 Å². The molecular weight excluding hydrogens is 334 g/mol. The highest BCUT2D eigenvalue weighted by molar-refractivity contribution is 5.75. The van der Waals surface area contributed by atoms with Crippen LogP contribution >= 0.6 is 0 Å². The Hall–Kier alpha value is -1.27. The number of allylic oxidation sites excluding steroid dienone is 1. The van der Waals surface area contributed by atoms with E-state index in [2.05, 4.69) is 18.8 Å². The van der Waals surface area contributed by atoms with Gasteiger partial charge in [-0.15, -0.1) is 0 Å². The molecule has 3 nitrogen and oxygen atoms in total. The molecule has 0 aliphatic rings. The molecule has 1 atom stereocenters. The van der Waals surface area contributed by atoms with Crippen LogP contribution in [0.15, 0.2) is 12.2 Å². The summed E-state index contributed by atoms with van der Waals surface area (Å²) < 4.78 is 0. The van der Waals surface area contributed by atoms with Crippen LogP contribution in [-0.2, 0) is 4.79 Å². The molecule has 0 aromatic heterocycles. The van der Waals surface area contributed by atoms with E-state index >= 15 is 0 Å². The maximum atomic E-state index is 11.9. The summed E-state index contributed by atoms with van der Waals surface area (Å²) in [6.45, 7) is 7.91. The van der Waals surface area contributed by atoms with E-state index in [1.807, 2.05) is 24.8 Å². The standard InChI is InChI=1S/C24H43NO2/c1-4-7-17-20-23(26)21-18-15-13-11-9-8-10-12-14-16-19-22-24(27)25(5-2)6-3/h18,21,23,26H,4-12,14,16-17,19-20,22H2,1-3H3/b21-18+. The van der Waals surface area contributed by atoms with Crippen LogP contribution in [-0.4, -0.2) is 35.1 Å². The Morgan fingerprint density at radius 1 is 0.926 bits per heavy atom. The Morgan fingerprint density at radius 2 is 1.56 bits per heavy atom. The fourth-order valence-electron chi connectivity index (χ4n) is 3.10. The number of carbonyl (C=O) groups excluding carboxylic acids is 1. The molecular formula is C24H43NO2. The van der Waals surface area contributed by atoms with Crippen LogP contribution in [0.2, 0.25) is 0 Å². The number of amides is 1. The Morgan fingerprint density at radius 3 is 2.19 bits per heavy atom. The van der Waals surface area contributed by atoms with E-state index in [0.29, 0.717) is 12.3 Å². The molecule has 3 heteroatoms. The first kappa shape index (κ1) is 25.7. The molecule has 0 bridgehead atoms. The van der Waals surface area contributed by atoms with Gasteiger partial charge >= 0.3 is 0 Å². The summed E-state index contributed by atoms with van der Waals surface area (Å²) in [5, 5.41) is 9.74. The van der Waals surface area contributed by atoms with Crippen LogP contribution < -0.4 is 0 Å². The predicted molar refractivity (Wildman–Crippen MR) is 117 cm³/mol. The number of aliphatic hydroxyl groups is 1. The summed E-state index contributed by atoms with van der Waals surface area (Å²) in [4.78, 5) is 13.8. The quantitative estimate of drug-likeness (QED) is 0.270. The lowest BCUT2D eigenvalue weighted by Crippen LogP contribution is -2.30. The average molecular weight is 378 g/mol. The minimum atomic E-state index is -0.340. The van der Waals surface area contributed by atoms with Gasteiger partial charge < -0.3 is 10.0 Å². The molecule has 0 aromatic rings. The van der Waals surface area contributed by atoms with E-state index < -0.39 is 0 Å². The largest absolute Gasteiger partial charge is 0.389 e. The van der Waals surface area contributed by atoms with Gasteiger partial charge in [0.05, 0.1) is 6.10 Å². The zero-order chi connectivity index (χ0) is 20.2. The van der Waals surface area contributed by atoms with Gasteiger partial charge in [-0.2, -0.15) is 0 Å². The Balaban J connectivity index is 3.47. The second kappa shape index (κ2) is 19.5. The molecule has 0 saturated heterocycles. The molecule has 0 aliphatic heterocycles. The summed E-state index contributed by atoms with van der Waals surface area (Å²) in [7, 11) is 0. The highest BCUT2D eigenvalue weighted by Gasteiger charge is 2.07. The number of carbonyl (C=O) groups is 1. The number of rotatable bonds is 16. The molecule has 1 unspecified atom stereocenters. The number of unbranched alkanes of at least 4 members (excludes halogenated alkanes) is 9. The minimum Gasteiger partial charge on any atom is -0.389 e. The third-order valence-corrected chi connectivity index (χ3v) is 4.92. The fraction of sp³-hybridized carbons (Fsp3) is 0.792. The molecule has 0 aliphatic carbocycles. The van der Waals surface area contributed by atoms with Crippen LogP contribution in [0.1, 0.15) is 104 Å². The molecule has 0 aromatic carbocycles. The number of nitrogens with zero attached hydrogens (tertiary/aromatic N) is 1. The molecule has 0 spiro atoms. The maximum absolute atomic E-state index is 11.9. The van der Waals surface area contributed by atoms with Crippen LogP contribution in [0.25, 0.3) is 0 Å². The molecule has 1 N–H and O–H groups in total. The first-order valence-electron chi connectivity index (χ1n) is 11.3. The second-order valence-electron chi connectivity index (χ2n) is 7.28. The third-order valence-electron chi connectivity index (χ3n) is 4.92. The summed E-state index contributed by atoms with van der Waals surface area (Å²) in [6.07, 6.45) is 17.6. The molecule has 0 saturated carbocycles. The average Bonchev–Trinajstić information content (AvgIpc) is 2.66. The van der Waals surface area contributed by atoms with Gasteiger partial charge in [0.15, 0.2) is 0 Å². The van der Waals surface area contributed by atoms with Crippen molar-refractivity contribution in [2.24, 2.45) is 0 Å². The number of hydrogen-bond acceptors (Lipinski definition) is 2. The summed E-state index contributed by atoms with van der Waals surface area (Å²) in [6, 6.07) is 0. The minimum absolute atomic E-state index is 0.307. The van der Waals surface area contributed by atoms with Crippen LogP contribution in [0.3, 0.4) is 0 Å². The monoisotopic (exact) mass is 377 g/mol. The number of aliphatic hydroxyl groups excluding tert-OH is 1. The lowest BCUT2D eigenvalue weighted by atomic mass is 10.1. The first-order chi connectivity index (χ1) is 13.2. The molecule has 0 radical (unpaired) electrons. The summed E-state index contributed by atoms with van der Waals surface area (Å²) >= 11 is 0. The molecule has 156 valence electrons. The SMILES string of the molecule is CCCCCC(O)/C=C/C#CCCCCCCCCCC(=O)N(CC)CC. The zero-order valence-electron chi connectivity index (χ0n) is 18.1. The van der Waals surface area contributed by atoms with Crippen LogP contribution in [0.5, 0.6) is 0 Å². The zero-order valence-corrected chi connectivity index (χ0v) is 18.1. The lowest BCUT2D eigenvalue weighted by molar-refractivity contribution is -0.130. The highest BCUT2D eigenvalue weighted by atomic mass is 16.3. The van der Waals surface area contributed by atoms with Gasteiger partial charge in [0.25, 0.3) is 0 Å². The first-order valence-corrected chi connectivity index (χ1v) is 11.3. The Labute approximate surface area is 168 Å². The predicted octanol–water partition coefficient (Wildman–Crippen LogP) is 5.87. The van der Waals surface area contributed by atoms with Gasteiger partial charge in [-0.05, 0) is 45.3 Å². The molecule has 27 heavy (non-hydrogen) atoms. The second-order valence-corrected chi connectivity index (χ2v) is 7.28. The van der Waals surface area contributed by atoms with E-state index in [4.69, 9.17) is 0 Å². The Bertz CT molecular complexity index is 429. The van der Waals surface area contributed by atoms with Crippen molar-refractivity contribution in [2.75, 3.05) is 13.1 Å². The molecule has 1 amide bonds. The summed E-state index contributed by atoms with van der Waals surface area (Å²) in [5.74, 6) is 6.50. The van der Waals surface area contributed by atoms with Gasteiger partial charge in [-0.1, -0.05) is 70.1 Å². The van der Waals surface area contributed by atoms with Crippen LogP contribution in [0.4, 0.5) is 0 Å². The van der Waals surface area contributed by atoms with Crippen molar-refractivity contribution in [3.8, 4) is 11.8 Å². The van der Waals surface area contributed by atoms with Gasteiger partial charge in [0.2, 0.25) is 5.91 Å². The van der Waals surface area contributed by atoms with E-state index in [0.717, 1.165) is 51.6 Å². The van der Waals surface area contributed by atoms with E-state index in [-0.39, 0.29) is 6.10 Å². The fourth-order valence-corrected chi connectivity index (χ4v) is 3.10. The van der Waals surface area contributed by atoms with E-state index in [1.165, 1.54) is 38.5 Å². The van der Waals surface area contributed by atoms with E-state index in [1.54, 1.807) is 6.08 Å². The number of hydrogen-bond donors (Lipinski definition) is 1. The smallest absolute Gasteiger partial charge is 0.222 e. The molecule has 0 heterocycles. The van der Waals surface area contributed by atoms with Crippen molar-refractivity contribution in [3.05, 3.63) is 12.2 Å². The lowest BCUT2D eigenvalue weighted by Gasteiger charge is -2.18. The van der Waals surface area contributed by atoms with Crippen molar-refractivity contribution in [1.82, 2.24) is 4.90 Å². The van der Waals surface area contributed by atoms with Crippen molar-refractivity contribution in [2.45, 2.75) is 110 Å². The van der Waals surface area contributed by atoms with Crippen molar-refractivity contribution >= 4 is 5.91 Å². The van der Waals surface area contributed by atoms with Gasteiger partial charge in [-0.25, -0.2) is 0 Å².